The third-order valence-electron chi connectivity index (χ3n) is 5.52. The Morgan fingerprint density at radius 1 is 1.16 bits per heavy atom. The number of carbonyl (C=O) groups excluding carboxylic acids is 1. The van der Waals surface area contributed by atoms with Crippen molar-refractivity contribution in [2.24, 2.45) is 5.92 Å². The van der Waals surface area contributed by atoms with Crippen molar-refractivity contribution in [1.29, 1.82) is 0 Å². The molecule has 0 radical (unpaired) electrons. The molecule has 0 unspecified atom stereocenters. The second-order valence-electron chi connectivity index (χ2n) is 7.09. The van der Waals surface area contributed by atoms with E-state index >= 15 is 0 Å². The van der Waals surface area contributed by atoms with E-state index in [1.807, 2.05) is 12.1 Å². The van der Waals surface area contributed by atoms with Crippen molar-refractivity contribution in [2.75, 3.05) is 19.7 Å². The van der Waals surface area contributed by atoms with Gasteiger partial charge in [-0.15, -0.1) is 0 Å². The normalized spacial score (nSPS) is 24.0. The van der Waals surface area contributed by atoms with Gasteiger partial charge in [0.2, 0.25) is 0 Å². The fourth-order valence-electron chi connectivity index (χ4n) is 4.24. The minimum absolute atomic E-state index is 0.0185. The van der Waals surface area contributed by atoms with Crippen LogP contribution >= 0.6 is 0 Å². The van der Waals surface area contributed by atoms with E-state index in [1.165, 1.54) is 19.3 Å². The molecule has 1 aromatic heterocycles. The molecule has 0 bridgehead atoms. The predicted octanol–water partition coefficient (Wildman–Crippen LogP) is 3.21. The Morgan fingerprint density at radius 2 is 2.00 bits per heavy atom. The van der Waals surface area contributed by atoms with Gasteiger partial charge in [-0.25, -0.2) is 9.59 Å². The van der Waals surface area contributed by atoms with E-state index in [1.54, 1.807) is 18.2 Å². The van der Waals surface area contributed by atoms with Gasteiger partial charge in [-0.2, -0.15) is 0 Å². The van der Waals surface area contributed by atoms with Crippen molar-refractivity contribution >= 4 is 16.9 Å². The van der Waals surface area contributed by atoms with Crippen molar-refractivity contribution < 1.29 is 13.9 Å². The van der Waals surface area contributed by atoms with Crippen molar-refractivity contribution in [1.82, 2.24) is 4.90 Å². The lowest BCUT2D eigenvalue weighted by Gasteiger charge is -2.44. The molecule has 2 aliphatic heterocycles. The Morgan fingerprint density at radius 3 is 2.92 bits per heavy atom. The van der Waals surface area contributed by atoms with Crippen LogP contribution in [-0.4, -0.2) is 36.6 Å². The van der Waals surface area contributed by atoms with Crippen LogP contribution in [0.15, 0.2) is 39.5 Å². The first-order chi connectivity index (χ1) is 12.2. The lowest BCUT2D eigenvalue weighted by Crippen LogP contribution is -2.49. The van der Waals surface area contributed by atoms with Gasteiger partial charge in [0.1, 0.15) is 11.1 Å². The van der Waals surface area contributed by atoms with Gasteiger partial charge in [0.25, 0.3) is 0 Å². The van der Waals surface area contributed by atoms with Crippen LogP contribution in [0.4, 0.5) is 0 Å². The summed E-state index contributed by atoms with van der Waals surface area (Å²) in [5.41, 5.74) is -0.171. The molecule has 5 nitrogen and oxygen atoms in total. The summed E-state index contributed by atoms with van der Waals surface area (Å²) in [6.45, 7) is 2.69. The maximum Gasteiger partial charge on any atom is 0.351 e. The number of ether oxygens (including phenoxy) is 1. The van der Waals surface area contributed by atoms with Crippen LogP contribution < -0.4 is 5.63 Å². The van der Waals surface area contributed by atoms with E-state index in [-0.39, 0.29) is 5.56 Å². The molecule has 2 atom stereocenters. The zero-order valence-electron chi connectivity index (χ0n) is 14.3. The fraction of sp³-hybridized carbons (Fsp3) is 0.500. The number of para-hydroxylation sites is 1. The molecule has 0 aliphatic carbocycles. The molecule has 0 N–H and O–H groups in total. The van der Waals surface area contributed by atoms with Gasteiger partial charge in [0.05, 0.1) is 6.61 Å². The third kappa shape index (κ3) is 3.33. The molecule has 0 saturated carbocycles. The molecule has 1 aromatic carbocycles. The summed E-state index contributed by atoms with van der Waals surface area (Å²) >= 11 is 0. The quantitative estimate of drug-likeness (QED) is 0.634. The number of hydrogen-bond acceptors (Lipinski definition) is 5. The second-order valence-corrected chi connectivity index (χ2v) is 7.09. The minimum atomic E-state index is -0.633. The number of nitrogens with zero attached hydrogens (tertiary/aromatic N) is 1. The Bertz CT molecular complexity index is 826. The van der Waals surface area contributed by atoms with Crippen LogP contribution in [-0.2, 0) is 4.74 Å². The van der Waals surface area contributed by atoms with Crippen molar-refractivity contribution in [3.05, 3.63) is 46.3 Å². The summed E-state index contributed by atoms with van der Waals surface area (Å²) < 4.78 is 10.7. The van der Waals surface area contributed by atoms with E-state index in [0.717, 1.165) is 31.3 Å². The molecular formula is C20H23NO4. The molecule has 25 heavy (non-hydrogen) atoms. The highest BCUT2D eigenvalue weighted by Crippen LogP contribution is 2.31. The molecule has 4 rings (SSSR count). The molecule has 5 heteroatoms. The molecule has 2 aliphatic rings. The van der Waals surface area contributed by atoms with Crippen LogP contribution in [0.25, 0.3) is 11.0 Å². The van der Waals surface area contributed by atoms with E-state index in [2.05, 4.69) is 4.90 Å². The smallest absolute Gasteiger partial charge is 0.351 e. The highest BCUT2D eigenvalue weighted by atomic mass is 16.5. The van der Waals surface area contributed by atoms with E-state index in [9.17, 15) is 9.59 Å². The summed E-state index contributed by atoms with van der Waals surface area (Å²) in [5, 5.41) is 0.727. The van der Waals surface area contributed by atoms with Crippen molar-refractivity contribution in [3.63, 3.8) is 0 Å². The number of rotatable bonds is 3. The van der Waals surface area contributed by atoms with E-state index in [4.69, 9.17) is 9.15 Å². The molecule has 132 valence electrons. The zero-order valence-corrected chi connectivity index (χ0v) is 14.3. The number of esters is 1. The van der Waals surface area contributed by atoms with Crippen LogP contribution in [0.1, 0.15) is 42.5 Å². The second kappa shape index (κ2) is 7.00. The summed E-state index contributed by atoms with van der Waals surface area (Å²) in [6.07, 6.45) is 5.93. The Hall–Kier alpha value is -2.14. The van der Waals surface area contributed by atoms with E-state index < -0.39 is 11.6 Å². The summed E-state index contributed by atoms with van der Waals surface area (Å²) in [5.74, 6) is -0.210. The van der Waals surface area contributed by atoms with Gasteiger partial charge in [-0.05, 0) is 50.9 Å². The number of carbonyl (C=O) groups is 1. The van der Waals surface area contributed by atoms with Crippen molar-refractivity contribution in [2.45, 2.75) is 38.1 Å². The Balaban J connectivity index is 1.47. The SMILES string of the molecule is O=C(OC[C@@H]1CCCN2CCCC[C@@H]12)c1cc2ccccc2oc1=O. The molecule has 2 fully saturated rings. The van der Waals surface area contributed by atoms with Crippen LogP contribution in [0.2, 0.25) is 0 Å². The summed E-state index contributed by atoms with van der Waals surface area (Å²) in [4.78, 5) is 27.0. The maximum absolute atomic E-state index is 12.4. The minimum Gasteiger partial charge on any atom is -0.462 e. The number of fused-ring (bicyclic) bond motifs is 2. The van der Waals surface area contributed by atoms with Gasteiger partial charge in [0, 0.05) is 17.3 Å². The molecule has 2 aromatic rings. The van der Waals surface area contributed by atoms with E-state index in [0.29, 0.717) is 24.1 Å². The number of hydrogen-bond donors (Lipinski definition) is 0. The topological polar surface area (TPSA) is 59.8 Å². The highest BCUT2D eigenvalue weighted by molar-refractivity contribution is 5.92. The molecule has 0 spiro atoms. The average Bonchev–Trinajstić information content (AvgIpc) is 2.65. The first kappa shape index (κ1) is 16.3. The Kier molecular flexibility index (Phi) is 4.57. The summed E-state index contributed by atoms with van der Waals surface area (Å²) in [7, 11) is 0. The van der Waals surface area contributed by atoms with Crippen LogP contribution in [0.3, 0.4) is 0 Å². The number of benzene rings is 1. The number of piperidine rings is 2. The van der Waals surface area contributed by atoms with Gasteiger partial charge >= 0.3 is 11.6 Å². The zero-order chi connectivity index (χ0) is 17.2. The van der Waals surface area contributed by atoms with Crippen LogP contribution in [0, 0.1) is 5.92 Å². The van der Waals surface area contributed by atoms with Gasteiger partial charge in [-0.3, -0.25) is 4.90 Å². The predicted molar refractivity (Wildman–Crippen MR) is 94.7 cm³/mol. The molecule has 0 amide bonds. The first-order valence-electron chi connectivity index (χ1n) is 9.16. The largest absolute Gasteiger partial charge is 0.462 e. The van der Waals surface area contributed by atoms with Gasteiger partial charge in [-0.1, -0.05) is 24.6 Å². The lowest BCUT2D eigenvalue weighted by atomic mass is 9.84. The van der Waals surface area contributed by atoms with Crippen molar-refractivity contribution in [3.8, 4) is 0 Å². The monoisotopic (exact) mass is 341 g/mol. The summed E-state index contributed by atoms with van der Waals surface area (Å²) in [6, 6.07) is 9.25. The Labute approximate surface area is 146 Å². The van der Waals surface area contributed by atoms with Crippen LogP contribution in [0.5, 0.6) is 0 Å². The van der Waals surface area contributed by atoms with Gasteiger partial charge < -0.3 is 9.15 Å². The maximum atomic E-state index is 12.4. The first-order valence-corrected chi connectivity index (χ1v) is 9.16. The third-order valence-corrected chi connectivity index (χ3v) is 5.52. The molecular weight excluding hydrogens is 318 g/mol. The van der Waals surface area contributed by atoms with Gasteiger partial charge in [0.15, 0.2) is 0 Å². The standard InChI is InChI=1S/C20H23NO4/c22-19(16-12-14-6-1-2-9-18(14)25-20(16)23)24-13-15-7-5-11-21-10-4-3-8-17(15)21/h1-2,6,9,12,15,17H,3-5,7-8,10-11,13H2/t15-,17-/m0/s1. The molecule has 3 heterocycles. The average molecular weight is 341 g/mol. The lowest BCUT2D eigenvalue weighted by molar-refractivity contribution is 0.00716. The molecule has 2 saturated heterocycles. The highest BCUT2D eigenvalue weighted by Gasteiger charge is 2.33. The fourth-order valence-corrected chi connectivity index (χ4v) is 4.24.